The lowest BCUT2D eigenvalue weighted by atomic mass is 10.1. The van der Waals surface area contributed by atoms with E-state index in [-0.39, 0.29) is 0 Å². The summed E-state index contributed by atoms with van der Waals surface area (Å²) in [4.78, 5) is 4.16. The molecule has 0 aliphatic heterocycles. The number of nitrogens with zero attached hydrogens (tertiary/aromatic N) is 1. The van der Waals surface area contributed by atoms with Gasteiger partial charge in [-0.3, -0.25) is 4.98 Å². The van der Waals surface area contributed by atoms with Gasteiger partial charge in [0.15, 0.2) is 0 Å². The van der Waals surface area contributed by atoms with Crippen LogP contribution in [-0.4, -0.2) is 23.5 Å². The van der Waals surface area contributed by atoms with Gasteiger partial charge < -0.3 is 11.1 Å². The molecule has 0 fully saturated rings. The van der Waals surface area contributed by atoms with E-state index in [0.29, 0.717) is 0 Å². The number of nitrogens with one attached hydrogen (secondary N) is 1. The zero-order valence-electron chi connectivity index (χ0n) is 9.94. The van der Waals surface area contributed by atoms with Crippen LogP contribution in [0.3, 0.4) is 0 Å². The summed E-state index contributed by atoms with van der Waals surface area (Å²) in [7, 11) is 0. The molecule has 2 rings (SSSR count). The Hall–Kier alpha value is -1.42. The SMILES string of the molecule is CSCCCNc1ccc(N)c2ccncc12. The maximum Gasteiger partial charge on any atom is 0.0437 e. The van der Waals surface area contributed by atoms with E-state index in [1.165, 1.54) is 5.75 Å². The highest BCUT2D eigenvalue weighted by Gasteiger charge is 2.03. The summed E-state index contributed by atoms with van der Waals surface area (Å²) in [5.41, 5.74) is 7.86. The molecule has 0 aliphatic rings. The predicted octanol–water partition coefficient (Wildman–Crippen LogP) is 2.98. The largest absolute Gasteiger partial charge is 0.398 e. The number of nitrogens with two attached hydrogens (primary N) is 1. The summed E-state index contributed by atoms with van der Waals surface area (Å²) < 4.78 is 0. The Morgan fingerprint density at radius 2 is 2.18 bits per heavy atom. The van der Waals surface area contributed by atoms with Crippen LogP contribution in [0, 0.1) is 0 Å². The fraction of sp³-hybridized carbons (Fsp3) is 0.308. The number of fused-ring (bicyclic) bond motifs is 1. The number of benzene rings is 1. The maximum absolute atomic E-state index is 5.94. The van der Waals surface area contributed by atoms with Gasteiger partial charge in [-0.05, 0) is 36.6 Å². The van der Waals surface area contributed by atoms with Crippen LogP contribution in [0.5, 0.6) is 0 Å². The molecule has 1 aromatic heterocycles. The third-order valence-corrected chi connectivity index (χ3v) is 3.39. The minimum Gasteiger partial charge on any atom is -0.398 e. The molecule has 0 aliphatic carbocycles. The number of nitrogen functional groups attached to an aromatic ring is 1. The van der Waals surface area contributed by atoms with E-state index in [4.69, 9.17) is 5.73 Å². The van der Waals surface area contributed by atoms with Crippen LogP contribution in [-0.2, 0) is 0 Å². The van der Waals surface area contributed by atoms with Crippen molar-refractivity contribution in [2.45, 2.75) is 6.42 Å². The van der Waals surface area contributed by atoms with Crippen molar-refractivity contribution < 1.29 is 0 Å². The molecule has 0 atom stereocenters. The molecule has 3 N–H and O–H groups in total. The normalized spacial score (nSPS) is 10.6. The van der Waals surface area contributed by atoms with Crippen LogP contribution in [0.1, 0.15) is 6.42 Å². The first-order valence-corrected chi connectivity index (χ1v) is 7.07. The maximum atomic E-state index is 5.94. The van der Waals surface area contributed by atoms with Gasteiger partial charge in [-0.1, -0.05) is 0 Å². The van der Waals surface area contributed by atoms with Gasteiger partial charge in [-0.25, -0.2) is 0 Å². The van der Waals surface area contributed by atoms with Crippen molar-refractivity contribution in [3.8, 4) is 0 Å². The Morgan fingerprint density at radius 1 is 1.29 bits per heavy atom. The standard InChI is InChI=1S/C13H17N3S/c1-17-8-2-6-16-13-4-3-12(14)10-5-7-15-9-11(10)13/h3-5,7,9,16H,2,6,8,14H2,1H3. The van der Waals surface area contributed by atoms with Gasteiger partial charge in [0.25, 0.3) is 0 Å². The van der Waals surface area contributed by atoms with Crippen LogP contribution >= 0.6 is 11.8 Å². The average molecular weight is 247 g/mol. The van der Waals surface area contributed by atoms with Gasteiger partial charge in [-0.15, -0.1) is 0 Å². The molecule has 90 valence electrons. The Bertz CT molecular complexity index is 499. The molecule has 0 unspecified atom stereocenters. The summed E-state index contributed by atoms with van der Waals surface area (Å²) in [6, 6.07) is 5.93. The van der Waals surface area contributed by atoms with Gasteiger partial charge >= 0.3 is 0 Å². The van der Waals surface area contributed by atoms with Crippen molar-refractivity contribution in [3.63, 3.8) is 0 Å². The molecule has 0 saturated carbocycles. The first-order valence-electron chi connectivity index (χ1n) is 5.68. The molecule has 0 radical (unpaired) electrons. The lowest BCUT2D eigenvalue weighted by molar-refractivity contribution is 0.995. The number of aromatic nitrogens is 1. The first kappa shape index (κ1) is 12.0. The summed E-state index contributed by atoms with van der Waals surface area (Å²) >= 11 is 1.87. The topological polar surface area (TPSA) is 50.9 Å². The van der Waals surface area contributed by atoms with Crippen LogP contribution in [0.15, 0.2) is 30.6 Å². The third-order valence-electron chi connectivity index (χ3n) is 2.69. The van der Waals surface area contributed by atoms with E-state index in [1.807, 2.05) is 36.2 Å². The molecule has 1 aromatic carbocycles. The van der Waals surface area contributed by atoms with Gasteiger partial charge in [-0.2, -0.15) is 11.8 Å². The molecular formula is C13H17N3S. The number of hydrogen-bond donors (Lipinski definition) is 2. The van der Waals surface area contributed by atoms with Gasteiger partial charge in [0.2, 0.25) is 0 Å². The van der Waals surface area contributed by atoms with Crippen molar-refractivity contribution in [2.75, 3.05) is 29.6 Å². The summed E-state index contributed by atoms with van der Waals surface area (Å²) in [5.74, 6) is 1.18. The van der Waals surface area contributed by atoms with E-state index in [2.05, 4.69) is 16.6 Å². The Kier molecular flexibility index (Phi) is 4.09. The number of anilines is 2. The highest BCUT2D eigenvalue weighted by Crippen LogP contribution is 2.27. The quantitative estimate of drug-likeness (QED) is 0.630. The zero-order valence-corrected chi connectivity index (χ0v) is 10.8. The van der Waals surface area contributed by atoms with Crippen LogP contribution in [0.4, 0.5) is 11.4 Å². The molecule has 17 heavy (non-hydrogen) atoms. The van der Waals surface area contributed by atoms with E-state index < -0.39 is 0 Å². The van der Waals surface area contributed by atoms with E-state index in [1.54, 1.807) is 6.20 Å². The minimum absolute atomic E-state index is 0.803. The molecule has 0 saturated heterocycles. The predicted molar refractivity (Wildman–Crippen MR) is 77.6 cm³/mol. The lowest BCUT2D eigenvalue weighted by Gasteiger charge is -2.10. The Balaban J connectivity index is 2.20. The first-order chi connectivity index (χ1) is 8.33. The average Bonchev–Trinajstić information content (AvgIpc) is 2.37. The molecule has 3 nitrogen and oxygen atoms in total. The minimum atomic E-state index is 0.803. The second-order valence-corrected chi connectivity index (χ2v) is 4.88. The second kappa shape index (κ2) is 5.77. The zero-order chi connectivity index (χ0) is 12.1. The fourth-order valence-electron chi connectivity index (χ4n) is 1.81. The van der Waals surface area contributed by atoms with Gasteiger partial charge in [0, 0.05) is 41.1 Å². The number of pyridine rings is 1. The highest BCUT2D eigenvalue weighted by atomic mass is 32.2. The molecule has 0 bridgehead atoms. The van der Waals surface area contributed by atoms with Gasteiger partial charge in [0.1, 0.15) is 0 Å². The molecule has 0 spiro atoms. The molecule has 0 amide bonds. The monoisotopic (exact) mass is 247 g/mol. The highest BCUT2D eigenvalue weighted by molar-refractivity contribution is 7.98. The molecule has 4 heteroatoms. The molecular weight excluding hydrogens is 230 g/mol. The Morgan fingerprint density at radius 3 is 3.00 bits per heavy atom. The molecule has 2 aromatic rings. The third kappa shape index (κ3) is 2.82. The fourth-order valence-corrected chi connectivity index (χ4v) is 2.24. The van der Waals surface area contributed by atoms with Crippen molar-refractivity contribution in [2.24, 2.45) is 0 Å². The van der Waals surface area contributed by atoms with Gasteiger partial charge in [0.05, 0.1) is 0 Å². The number of thioether (sulfide) groups is 1. The van der Waals surface area contributed by atoms with E-state index in [0.717, 1.165) is 35.1 Å². The lowest BCUT2D eigenvalue weighted by Crippen LogP contribution is -2.03. The smallest absolute Gasteiger partial charge is 0.0437 e. The van der Waals surface area contributed by atoms with E-state index in [9.17, 15) is 0 Å². The van der Waals surface area contributed by atoms with Crippen molar-refractivity contribution in [1.29, 1.82) is 0 Å². The van der Waals surface area contributed by atoms with Crippen LogP contribution < -0.4 is 11.1 Å². The summed E-state index contributed by atoms with van der Waals surface area (Å²) in [5, 5.41) is 5.60. The molecule has 1 heterocycles. The second-order valence-electron chi connectivity index (χ2n) is 3.90. The van der Waals surface area contributed by atoms with Crippen molar-refractivity contribution in [1.82, 2.24) is 4.98 Å². The van der Waals surface area contributed by atoms with E-state index >= 15 is 0 Å². The van der Waals surface area contributed by atoms with Crippen LogP contribution in [0.2, 0.25) is 0 Å². The van der Waals surface area contributed by atoms with Crippen molar-refractivity contribution >= 4 is 33.9 Å². The van der Waals surface area contributed by atoms with Crippen molar-refractivity contribution in [3.05, 3.63) is 30.6 Å². The van der Waals surface area contributed by atoms with Crippen LogP contribution in [0.25, 0.3) is 10.8 Å². The number of hydrogen-bond acceptors (Lipinski definition) is 4. The summed E-state index contributed by atoms with van der Waals surface area (Å²) in [6.07, 6.45) is 6.93. The summed E-state index contributed by atoms with van der Waals surface area (Å²) in [6.45, 7) is 0.981. The Labute approximate surface area is 106 Å². The number of rotatable bonds is 5.